The first-order valence-corrected chi connectivity index (χ1v) is 9.81. The molecular weight excluding hydrogens is 401 g/mol. The summed E-state index contributed by atoms with van der Waals surface area (Å²) in [6, 6.07) is 21.0. The predicted molar refractivity (Wildman–Crippen MR) is 117 cm³/mol. The molecule has 0 saturated carbocycles. The molecule has 3 nitrogen and oxygen atoms in total. The van der Waals surface area contributed by atoms with Crippen molar-refractivity contribution >= 4 is 29.3 Å². The summed E-state index contributed by atoms with van der Waals surface area (Å²) in [6.07, 6.45) is 3.66. The summed E-state index contributed by atoms with van der Waals surface area (Å²) in [5.74, 6) is 0.290. The molecule has 0 unspecified atom stereocenters. The number of hydrogen-bond acceptors (Lipinski definition) is 2. The van der Waals surface area contributed by atoms with E-state index in [2.05, 4.69) is 0 Å². The van der Waals surface area contributed by atoms with E-state index in [9.17, 15) is 9.18 Å². The molecule has 150 valence electrons. The average molecular weight is 420 g/mol. The maximum absolute atomic E-state index is 13.4. The normalized spacial score (nSPS) is 14.9. The maximum atomic E-state index is 13.4. The molecular formula is C25H19ClFNO2. The zero-order valence-electron chi connectivity index (χ0n) is 16.3. The third kappa shape index (κ3) is 4.14. The number of methoxy groups -OCH3 is 1. The van der Waals surface area contributed by atoms with Crippen LogP contribution in [-0.4, -0.2) is 17.9 Å². The molecule has 0 bridgehead atoms. The number of halogens is 2. The number of ether oxygens (including phenoxy) is 1. The summed E-state index contributed by atoms with van der Waals surface area (Å²) in [6.45, 7) is 0.321. The Labute approximate surface area is 179 Å². The lowest BCUT2D eigenvalue weighted by Gasteiger charge is -2.21. The number of hydrogen-bond donors (Lipinski definition) is 0. The summed E-state index contributed by atoms with van der Waals surface area (Å²) in [5, 5.41) is 0.594. The number of amides is 1. The van der Waals surface area contributed by atoms with Crippen molar-refractivity contribution in [1.29, 1.82) is 0 Å². The highest BCUT2D eigenvalue weighted by atomic mass is 35.5. The van der Waals surface area contributed by atoms with Gasteiger partial charge in [-0.05, 0) is 71.3 Å². The second-order valence-electron chi connectivity index (χ2n) is 6.89. The van der Waals surface area contributed by atoms with Crippen LogP contribution in [0.2, 0.25) is 5.02 Å². The second kappa shape index (κ2) is 8.56. The highest BCUT2D eigenvalue weighted by molar-refractivity contribution is 6.31. The van der Waals surface area contributed by atoms with Gasteiger partial charge in [0.25, 0.3) is 5.91 Å². The monoisotopic (exact) mass is 419 g/mol. The zero-order chi connectivity index (χ0) is 21.1. The lowest BCUT2D eigenvalue weighted by molar-refractivity contribution is -0.123. The molecule has 0 N–H and O–H groups in total. The Hall–Kier alpha value is -3.37. The first-order valence-electron chi connectivity index (χ1n) is 9.44. The van der Waals surface area contributed by atoms with Gasteiger partial charge in [0.1, 0.15) is 11.6 Å². The summed E-state index contributed by atoms with van der Waals surface area (Å²) in [7, 11) is 1.61. The van der Waals surface area contributed by atoms with Crippen molar-refractivity contribution in [3.63, 3.8) is 0 Å². The lowest BCUT2D eigenvalue weighted by Crippen LogP contribution is -2.25. The lowest BCUT2D eigenvalue weighted by atomic mass is 10.1. The van der Waals surface area contributed by atoms with E-state index in [0.29, 0.717) is 22.8 Å². The fourth-order valence-corrected chi connectivity index (χ4v) is 3.54. The number of rotatable bonds is 5. The van der Waals surface area contributed by atoms with E-state index < -0.39 is 0 Å². The summed E-state index contributed by atoms with van der Waals surface area (Å²) < 4.78 is 18.6. The van der Waals surface area contributed by atoms with Crippen molar-refractivity contribution < 1.29 is 13.9 Å². The van der Waals surface area contributed by atoms with Gasteiger partial charge in [0.05, 0.1) is 19.4 Å². The predicted octanol–water partition coefficient (Wildman–Crippen LogP) is 5.95. The molecule has 3 aromatic carbocycles. The topological polar surface area (TPSA) is 29.5 Å². The smallest absolute Gasteiger partial charge is 0.258 e. The molecule has 0 saturated heterocycles. The number of nitrogens with zero attached hydrogens (tertiary/aromatic N) is 1. The molecule has 1 aliphatic rings. The Morgan fingerprint density at radius 3 is 2.37 bits per heavy atom. The van der Waals surface area contributed by atoms with Crippen molar-refractivity contribution in [2.45, 2.75) is 6.54 Å². The third-order valence-corrected chi connectivity index (χ3v) is 5.31. The minimum Gasteiger partial charge on any atom is -0.497 e. The molecule has 1 aliphatic heterocycles. The molecule has 0 spiro atoms. The number of carbonyl (C=O) groups excluding carboxylic acids is 1. The van der Waals surface area contributed by atoms with Crippen LogP contribution in [0.15, 0.2) is 84.4 Å². The van der Waals surface area contributed by atoms with Gasteiger partial charge in [-0.15, -0.1) is 0 Å². The van der Waals surface area contributed by atoms with Crippen molar-refractivity contribution in [2.24, 2.45) is 0 Å². The van der Waals surface area contributed by atoms with Gasteiger partial charge >= 0.3 is 0 Å². The van der Waals surface area contributed by atoms with Crippen LogP contribution < -0.4 is 4.74 Å². The highest BCUT2D eigenvalue weighted by Gasteiger charge is 2.29. The van der Waals surface area contributed by atoms with Crippen molar-refractivity contribution in [3.05, 3.63) is 112 Å². The van der Waals surface area contributed by atoms with Gasteiger partial charge in [-0.25, -0.2) is 4.39 Å². The first kappa shape index (κ1) is 19.9. The molecule has 30 heavy (non-hydrogen) atoms. The largest absolute Gasteiger partial charge is 0.497 e. The van der Waals surface area contributed by atoms with Crippen molar-refractivity contribution in [2.75, 3.05) is 7.11 Å². The standard InChI is InChI=1S/C25H19ClFNO2/c1-30-22-12-6-17(7-13-22)14-20-15-24(18-8-10-21(27)11-9-18)28(25(20)29)16-19-4-2-3-5-23(19)26/h2-15H,16H2,1H3/b20-14+. The molecule has 5 heteroatoms. The fourth-order valence-electron chi connectivity index (χ4n) is 3.35. The van der Waals surface area contributed by atoms with Crippen LogP contribution >= 0.6 is 11.6 Å². The van der Waals surface area contributed by atoms with Gasteiger partial charge in [0.15, 0.2) is 0 Å². The molecule has 0 fully saturated rings. The van der Waals surface area contributed by atoms with Crippen LogP contribution in [0.4, 0.5) is 4.39 Å². The zero-order valence-corrected chi connectivity index (χ0v) is 17.1. The molecule has 1 heterocycles. The van der Waals surface area contributed by atoms with Crippen LogP contribution in [0.1, 0.15) is 16.7 Å². The quantitative estimate of drug-likeness (QED) is 0.478. The summed E-state index contributed by atoms with van der Waals surface area (Å²) in [5.41, 5.74) is 3.74. The molecule has 0 aromatic heterocycles. The molecule has 0 atom stereocenters. The Balaban J connectivity index is 1.73. The molecule has 0 aliphatic carbocycles. The van der Waals surface area contributed by atoms with Crippen LogP contribution in [0, 0.1) is 5.82 Å². The van der Waals surface area contributed by atoms with Gasteiger partial charge in [-0.3, -0.25) is 4.79 Å². The maximum Gasteiger partial charge on any atom is 0.258 e. The van der Waals surface area contributed by atoms with Gasteiger partial charge in [0, 0.05) is 10.6 Å². The van der Waals surface area contributed by atoms with Gasteiger partial charge in [-0.2, -0.15) is 0 Å². The highest BCUT2D eigenvalue weighted by Crippen LogP contribution is 2.33. The van der Waals surface area contributed by atoms with Gasteiger partial charge in [0.2, 0.25) is 0 Å². The summed E-state index contributed by atoms with van der Waals surface area (Å²) in [4.78, 5) is 14.9. The van der Waals surface area contributed by atoms with E-state index in [0.717, 1.165) is 22.4 Å². The van der Waals surface area contributed by atoms with E-state index >= 15 is 0 Å². The van der Waals surface area contributed by atoms with Crippen LogP contribution in [-0.2, 0) is 11.3 Å². The van der Waals surface area contributed by atoms with Crippen molar-refractivity contribution in [1.82, 2.24) is 4.90 Å². The van der Waals surface area contributed by atoms with Gasteiger partial charge in [-0.1, -0.05) is 41.9 Å². The van der Waals surface area contributed by atoms with E-state index in [1.165, 1.54) is 12.1 Å². The van der Waals surface area contributed by atoms with Crippen LogP contribution in [0.3, 0.4) is 0 Å². The van der Waals surface area contributed by atoms with Gasteiger partial charge < -0.3 is 9.64 Å². The Morgan fingerprint density at radius 1 is 1.00 bits per heavy atom. The molecule has 3 aromatic rings. The summed E-state index contributed by atoms with van der Waals surface area (Å²) >= 11 is 6.33. The minimum absolute atomic E-state index is 0.134. The SMILES string of the molecule is COc1ccc(/C=C2\C=C(c3ccc(F)cc3)N(Cc3ccccc3Cl)C2=O)cc1. The Bertz CT molecular complexity index is 1130. The third-order valence-electron chi connectivity index (χ3n) is 4.94. The molecule has 0 radical (unpaired) electrons. The Morgan fingerprint density at radius 2 is 1.70 bits per heavy atom. The van der Waals surface area contributed by atoms with E-state index in [1.54, 1.807) is 30.2 Å². The second-order valence-corrected chi connectivity index (χ2v) is 7.30. The minimum atomic E-state index is -0.324. The molecule has 1 amide bonds. The molecule has 4 rings (SSSR count). The first-order chi connectivity index (χ1) is 14.5. The Kier molecular flexibility index (Phi) is 5.68. The van der Waals surface area contributed by atoms with E-state index in [-0.39, 0.29) is 11.7 Å². The number of carbonyl (C=O) groups is 1. The van der Waals surface area contributed by atoms with Crippen LogP contribution in [0.25, 0.3) is 11.8 Å². The average Bonchev–Trinajstić information content (AvgIpc) is 3.06. The fraction of sp³-hybridized carbons (Fsp3) is 0.0800. The van der Waals surface area contributed by atoms with E-state index in [1.807, 2.05) is 54.6 Å². The van der Waals surface area contributed by atoms with E-state index in [4.69, 9.17) is 16.3 Å². The van der Waals surface area contributed by atoms with Crippen molar-refractivity contribution in [3.8, 4) is 5.75 Å². The van der Waals surface area contributed by atoms with Crippen LogP contribution in [0.5, 0.6) is 5.75 Å². The number of benzene rings is 3.